The van der Waals surface area contributed by atoms with E-state index in [0.717, 1.165) is 30.0 Å². The second-order valence-corrected chi connectivity index (χ2v) is 8.89. The Morgan fingerprint density at radius 2 is 1.60 bits per heavy atom. The van der Waals surface area contributed by atoms with E-state index in [9.17, 15) is 0 Å². The molecule has 1 atom stereocenters. The Hall–Kier alpha value is -3.45. The van der Waals surface area contributed by atoms with Crippen LogP contribution in [0.4, 0.5) is 5.69 Å². The molecule has 0 aromatic heterocycles. The molecule has 0 amide bonds. The highest BCUT2D eigenvalue weighted by Gasteiger charge is 2.32. The lowest BCUT2D eigenvalue weighted by atomic mass is 9.92. The van der Waals surface area contributed by atoms with Crippen LogP contribution < -0.4 is 24.3 Å². The molecule has 1 aliphatic rings. The third-order valence-corrected chi connectivity index (χ3v) is 6.91. The summed E-state index contributed by atoms with van der Waals surface area (Å²) in [6.45, 7) is 5.34. The van der Waals surface area contributed by atoms with Gasteiger partial charge in [0.1, 0.15) is 6.61 Å². The minimum Gasteiger partial charge on any atom is -0.493 e. The number of fused-ring (bicyclic) bond motifs is 1. The maximum atomic E-state index is 6.30. The fourth-order valence-electron chi connectivity index (χ4n) is 4.43. The number of ether oxygens (including phenoxy) is 4. The quantitative estimate of drug-likeness (QED) is 0.424. The molecule has 0 fully saturated rings. The number of benzene rings is 3. The average Bonchev–Trinajstić information content (AvgIpc) is 2.88. The number of nitrogens with zero attached hydrogens (tertiary/aromatic N) is 1. The van der Waals surface area contributed by atoms with E-state index in [1.54, 1.807) is 21.3 Å². The van der Waals surface area contributed by atoms with Crippen LogP contribution >= 0.6 is 12.2 Å². The van der Waals surface area contributed by atoms with Crippen molar-refractivity contribution in [2.24, 2.45) is 0 Å². The van der Waals surface area contributed by atoms with Gasteiger partial charge in [-0.15, -0.1) is 0 Å². The summed E-state index contributed by atoms with van der Waals surface area (Å²) in [4.78, 5) is 2.20. The predicted octanol–water partition coefficient (Wildman–Crippen LogP) is 5.70. The van der Waals surface area contributed by atoms with Crippen molar-refractivity contribution < 1.29 is 18.9 Å². The van der Waals surface area contributed by atoms with Crippen LogP contribution in [0.3, 0.4) is 0 Å². The van der Waals surface area contributed by atoms with Crippen molar-refractivity contribution in [1.29, 1.82) is 0 Å². The highest BCUT2D eigenvalue weighted by Crippen LogP contribution is 2.39. The summed E-state index contributed by atoms with van der Waals surface area (Å²) in [7, 11) is 4.95. The van der Waals surface area contributed by atoms with Crippen LogP contribution in [-0.4, -0.2) is 44.5 Å². The fraction of sp³-hybridized carbons (Fsp3) is 0.321. The standard InChI is InChI=1S/C28H32N2O4S/c1-18-9-8-10-22(19(18)2)29-28(35)30-14-13-20-15-26(32-4)27(33-5)16-21(20)23(30)17-34-25-12-7-6-11-24(25)31-3/h6-12,15-16,23H,13-14,17H2,1-5H3,(H,29,35)/t23-/m1/s1. The largest absolute Gasteiger partial charge is 0.493 e. The van der Waals surface area contributed by atoms with Crippen LogP contribution in [0, 0.1) is 13.8 Å². The maximum absolute atomic E-state index is 6.30. The van der Waals surface area contributed by atoms with Crippen molar-refractivity contribution in [3.8, 4) is 23.0 Å². The van der Waals surface area contributed by atoms with Gasteiger partial charge in [-0.2, -0.15) is 0 Å². The van der Waals surface area contributed by atoms with Crippen molar-refractivity contribution >= 4 is 23.0 Å². The van der Waals surface area contributed by atoms with Gasteiger partial charge in [0, 0.05) is 12.2 Å². The van der Waals surface area contributed by atoms with Gasteiger partial charge >= 0.3 is 0 Å². The summed E-state index contributed by atoms with van der Waals surface area (Å²) in [5.41, 5.74) is 5.71. The summed E-state index contributed by atoms with van der Waals surface area (Å²) in [5, 5.41) is 4.13. The molecule has 0 bridgehead atoms. The Morgan fingerprint density at radius 1 is 0.914 bits per heavy atom. The number of methoxy groups -OCH3 is 3. The molecule has 1 N–H and O–H groups in total. The number of para-hydroxylation sites is 2. The summed E-state index contributed by atoms with van der Waals surface area (Å²) in [6.07, 6.45) is 0.829. The van der Waals surface area contributed by atoms with Crippen molar-refractivity contribution in [3.05, 3.63) is 76.9 Å². The van der Waals surface area contributed by atoms with Crippen LogP contribution in [0.2, 0.25) is 0 Å². The monoisotopic (exact) mass is 492 g/mol. The molecule has 6 nitrogen and oxygen atoms in total. The Morgan fingerprint density at radius 3 is 2.31 bits per heavy atom. The van der Waals surface area contributed by atoms with Gasteiger partial charge < -0.3 is 29.2 Å². The van der Waals surface area contributed by atoms with Crippen molar-refractivity contribution in [2.45, 2.75) is 26.3 Å². The van der Waals surface area contributed by atoms with Gasteiger partial charge in [-0.05, 0) is 85.1 Å². The summed E-state index contributed by atoms with van der Waals surface area (Å²) < 4.78 is 23.0. The molecule has 35 heavy (non-hydrogen) atoms. The van der Waals surface area contributed by atoms with E-state index in [1.807, 2.05) is 36.4 Å². The van der Waals surface area contributed by atoms with Gasteiger partial charge in [0.15, 0.2) is 28.1 Å². The highest BCUT2D eigenvalue weighted by molar-refractivity contribution is 7.80. The Labute approximate surface area is 212 Å². The molecule has 7 heteroatoms. The van der Waals surface area contributed by atoms with Gasteiger partial charge in [0.2, 0.25) is 0 Å². The smallest absolute Gasteiger partial charge is 0.174 e. The number of hydrogen-bond donors (Lipinski definition) is 1. The van der Waals surface area contributed by atoms with Gasteiger partial charge in [-0.3, -0.25) is 0 Å². The van der Waals surface area contributed by atoms with Crippen LogP contribution in [0.1, 0.15) is 28.3 Å². The number of aryl methyl sites for hydroxylation is 1. The highest BCUT2D eigenvalue weighted by atomic mass is 32.1. The molecule has 0 saturated heterocycles. The third-order valence-electron chi connectivity index (χ3n) is 6.58. The van der Waals surface area contributed by atoms with Gasteiger partial charge in [0.25, 0.3) is 0 Å². The molecule has 0 saturated carbocycles. The molecule has 0 aliphatic carbocycles. The molecule has 4 rings (SSSR count). The molecular weight excluding hydrogens is 460 g/mol. The topological polar surface area (TPSA) is 52.2 Å². The molecule has 1 aliphatic heterocycles. The maximum Gasteiger partial charge on any atom is 0.174 e. The molecule has 0 unspecified atom stereocenters. The van der Waals surface area contributed by atoms with Crippen molar-refractivity contribution in [2.75, 3.05) is 39.8 Å². The molecule has 0 radical (unpaired) electrons. The summed E-state index contributed by atoms with van der Waals surface area (Å²) in [6, 6.07) is 17.8. The SMILES string of the molecule is COc1cc2c(cc1OC)[C@@H](COc1ccccc1OC)N(C(=S)Nc1cccc(C)c1C)CC2. The van der Waals surface area contributed by atoms with E-state index in [2.05, 4.69) is 42.3 Å². The van der Waals surface area contributed by atoms with Crippen LogP contribution in [0.5, 0.6) is 23.0 Å². The van der Waals surface area contributed by atoms with E-state index in [0.29, 0.717) is 29.0 Å². The van der Waals surface area contributed by atoms with Crippen LogP contribution in [-0.2, 0) is 6.42 Å². The lowest BCUT2D eigenvalue weighted by Crippen LogP contribution is -2.44. The first-order valence-electron chi connectivity index (χ1n) is 11.6. The normalized spacial score (nSPS) is 14.7. The van der Waals surface area contributed by atoms with Crippen LogP contribution in [0.25, 0.3) is 0 Å². The number of rotatable bonds is 7. The average molecular weight is 493 g/mol. The fourth-order valence-corrected chi connectivity index (χ4v) is 4.76. The second-order valence-electron chi connectivity index (χ2n) is 8.50. The summed E-state index contributed by atoms with van der Waals surface area (Å²) >= 11 is 5.93. The zero-order valence-electron chi connectivity index (χ0n) is 20.9. The lowest BCUT2D eigenvalue weighted by Gasteiger charge is -2.39. The van der Waals surface area contributed by atoms with E-state index in [1.165, 1.54) is 16.7 Å². The second kappa shape index (κ2) is 10.9. The molecule has 1 heterocycles. The zero-order valence-corrected chi connectivity index (χ0v) is 21.7. The van der Waals surface area contributed by atoms with E-state index < -0.39 is 0 Å². The minimum absolute atomic E-state index is 0.131. The van der Waals surface area contributed by atoms with E-state index >= 15 is 0 Å². The number of anilines is 1. The molecule has 3 aromatic rings. The van der Waals surface area contributed by atoms with Crippen LogP contribution in [0.15, 0.2) is 54.6 Å². The predicted molar refractivity (Wildman–Crippen MR) is 143 cm³/mol. The van der Waals surface area contributed by atoms with Crippen molar-refractivity contribution in [3.63, 3.8) is 0 Å². The first kappa shape index (κ1) is 24.7. The number of nitrogens with one attached hydrogen (secondary N) is 1. The van der Waals surface area contributed by atoms with Gasteiger partial charge in [-0.25, -0.2) is 0 Å². The lowest BCUT2D eigenvalue weighted by molar-refractivity contribution is 0.185. The third kappa shape index (κ3) is 5.15. The minimum atomic E-state index is -0.131. The van der Waals surface area contributed by atoms with Gasteiger partial charge in [0.05, 0.1) is 27.4 Å². The first-order chi connectivity index (χ1) is 17.0. The first-order valence-corrected chi connectivity index (χ1v) is 12.0. The van der Waals surface area contributed by atoms with E-state index in [-0.39, 0.29) is 6.04 Å². The zero-order chi connectivity index (χ0) is 24.9. The molecular formula is C28H32N2O4S. The number of hydrogen-bond acceptors (Lipinski definition) is 5. The Kier molecular flexibility index (Phi) is 7.66. The molecule has 0 spiro atoms. The molecule has 184 valence electrons. The van der Waals surface area contributed by atoms with Crippen molar-refractivity contribution in [1.82, 2.24) is 4.90 Å². The van der Waals surface area contributed by atoms with E-state index in [4.69, 9.17) is 31.2 Å². The summed E-state index contributed by atoms with van der Waals surface area (Å²) in [5.74, 6) is 2.79. The molecule has 3 aromatic carbocycles. The number of thiocarbonyl (C=S) groups is 1. The Balaban J connectivity index is 1.68. The van der Waals surface area contributed by atoms with Gasteiger partial charge in [-0.1, -0.05) is 24.3 Å². The Bertz CT molecular complexity index is 1210.